The lowest BCUT2D eigenvalue weighted by Crippen LogP contribution is -1.97. The predicted octanol–water partition coefficient (Wildman–Crippen LogP) is 1.85. The largest absolute Gasteiger partial charge is 0.291 e. The normalized spacial score (nSPS) is 9.58. The summed E-state index contributed by atoms with van der Waals surface area (Å²) < 4.78 is 0. The molecule has 1 aromatic carbocycles. The Bertz CT molecular complexity index is 263. The van der Waals surface area contributed by atoms with E-state index >= 15 is 0 Å². The van der Waals surface area contributed by atoms with Crippen LogP contribution in [0.5, 0.6) is 0 Å². The van der Waals surface area contributed by atoms with Crippen LogP contribution < -0.4 is 11.0 Å². The van der Waals surface area contributed by atoms with E-state index in [1.165, 1.54) is 0 Å². The van der Waals surface area contributed by atoms with E-state index in [1.54, 1.807) is 18.2 Å². The van der Waals surface area contributed by atoms with Crippen molar-refractivity contribution in [2.24, 2.45) is 0 Å². The van der Waals surface area contributed by atoms with Gasteiger partial charge in [0.1, 0.15) is 0 Å². The first-order valence-corrected chi connectivity index (χ1v) is 3.75. The summed E-state index contributed by atoms with van der Waals surface area (Å²) >= 11 is 0. The highest BCUT2D eigenvalue weighted by Gasteiger charge is 1.99. The summed E-state index contributed by atoms with van der Waals surface area (Å²) in [5.41, 5.74) is 6.35. The SMILES string of the molecule is CCc1cc(NO)ccc1NO. The smallest absolute Gasteiger partial charge is 0.0635 e. The Morgan fingerprint density at radius 3 is 2.50 bits per heavy atom. The topological polar surface area (TPSA) is 64.5 Å². The molecule has 4 N–H and O–H groups in total. The maximum absolute atomic E-state index is 8.68. The molecular weight excluding hydrogens is 156 g/mol. The average molecular weight is 168 g/mol. The van der Waals surface area contributed by atoms with E-state index in [0.717, 1.165) is 12.0 Å². The van der Waals surface area contributed by atoms with Gasteiger partial charge >= 0.3 is 0 Å². The van der Waals surface area contributed by atoms with Crippen LogP contribution in [0.15, 0.2) is 18.2 Å². The predicted molar refractivity (Wildman–Crippen MR) is 46.6 cm³/mol. The summed E-state index contributed by atoms with van der Waals surface area (Å²) in [6.07, 6.45) is 0.790. The molecule has 0 unspecified atom stereocenters. The van der Waals surface area contributed by atoms with E-state index in [4.69, 9.17) is 10.4 Å². The van der Waals surface area contributed by atoms with Crippen LogP contribution in [0.1, 0.15) is 12.5 Å². The molecular formula is C8H12N2O2. The minimum atomic E-state index is 0.617. The molecule has 0 aliphatic heterocycles. The molecule has 0 aliphatic carbocycles. The number of nitrogens with one attached hydrogen (secondary N) is 2. The lowest BCUT2D eigenvalue weighted by Gasteiger charge is -2.07. The Kier molecular flexibility index (Phi) is 2.90. The summed E-state index contributed by atoms with van der Waals surface area (Å²) in [7, 11) is 0. The maximum Gasteiger partial charge on any atom is 0.0635 e. The number of anilines is 2. The van der Waals surface area contributed by atoms with Gasteiger partial charge in [-0.05, 0) is 30.2 Å². The van der Waals surface area contributed by atoms with Gasteiger partial charge in [-0.1, -0.05) is 6.92 Å². The summed E-state index contributed by atoms with van der Waals surface area (Å²) in [4.78, 5) is 0. The Hall–Kier alpha value is -1.26. The van der Waals surface area contributed by atoms with Crippen LogP contribution in [0.3, 0.4) is 0 Å². The molecule has 0 saturated heterocycles. The Balaban J connectivity index is 3.02. The third kappa shape index (κ3) is 1.66. The number of hydrogen-bond acceptors (Lipinski definition) is 4. The van der Waals surface area contributed by atoms with Crippen LogP contribution >= 0.6 is 0 Å². The third-order valence-electron chi connectivity index (χ3n) is 1.74. The molecule has 1 aromatic rings. The Labute approximate surface area is 70.8 Å². The molecule has 0 heterocycles. The second-order valence-electron chi connectivity index (χ2n) is 2.45. The van der Waals surface area contributed by atoms with Gasteiger partial charge in [0.15, 0.2) is 0 Å². The maximum atomic E-state index is 8.68. The second kappa shape index (κ2) is 3.94. The van der Waals surface area contributed by atoms with Crippen molar-refractivity contribution in [1.29, 1.82) is 0 Å². The van der Waals surface area contributed by atoms with Crippen molar-refractivity contribution in [2.45, 2.75) is 13.3 Å². The van der Waals surface area contributed by atoms with Gasteiger partial charge in [0.2, 0.25) is 0 Å². The highest BCUT2D eigenvalue weighted by Crippen LogP contribution is 2.19. The molecule has 4 nitrogen and oxygen atoms in total. The van der Waals surface area contributed by atoms with Gasteiger partial charge in [-0.15, -0.1) is 0 Å². The fourth-order valence-corrected chi connectivity index (χ4v) is 1.06. The van der Waals surface area contributed by atoms with Gasteiger partial charge in [0.05, 0.1) is 11.4 Å². The zero-order valence-electron chi connectivity index (χ0n) is 6.83. The van der Waals surface area contributed by atoms with Gasteiger partial charge in [-0.25, -0.2) is 0 Å². The molecule has 0 radical (unpaired) electrons. The van der Waals surface area contributed by atoms with Gasteiger partial charge in [0.25, 0.3) is 0 Å². The minimum Gasteiger partial charge on any atom is -0.291 e. The average Bonchev–Trinajstić information content (AvgIpc) is 2.16. The quantitative estimate of drug-likeness (QED) is 0.520. The van der Waals surface area contributed by atoms with Crippen LogP contribution in [0, 0.1) is 0 Å². The molecule has 66 valence electrons. The molecule has 0 fully saturated rings. The molecule has 0 amide bonds. The number of benzene rings is 1. The summed E-state index contributed by atoms with van der Waals surface area (Å²) in [5.74, 6) is 0. The number of hydrogen-bond donors (Lipinski definition) is 4. The Morgan fingerprint density at radius 2 is 2.00 bits per heavy atom. The van der Waals surface area contributed by atoms with Gasteiger partial charge < -0.3 is 0 Å². The van der Waals surface area contributed by atoms with Crippen molar-refractivity contribution >= 4 is 11.4 Å². The third-order valence-corrected chi connectivity index (χ3v) is 1.74. The van der Waals surface area contributed by atoms with Crippen molar-refractivity contribution in [1.82, 2.24) is 0 Å². The zero-order valence-corrected chi connectivity index (χ0v) is 6.83. The van der Waals surface area contributed by atoms with Gasteiger partial charge in [-0.3, -0.25) is 21.4 Å². The first kappa shape index (κ1) is 8.83. The summed E-state index contributed by atoms with van der Waals surface area (Å²) in [6.45, 7) is 1.97. The van der Waals surface area contributed by atoms with Crippen molar-refractivity contribution in [2.75, 3.05) is 11.0 Å². The van der Waals surface area contributed by atoms with Crippen molar-refractivity contribution < 1.29 is 10.4 Å². The molecule has 0 spiro atoms. The molecule has 12 heavy (non-hydrogen) atoms. The van der Waals surface area contributed by atoms with Crippen molar-refractivity contribution in [3.8, 4) is 0 Å². The van der Waals surface area contributed by atoms with Crippen LogP contribution in [-0.2, 0) is 6.42 Å². The number of aryl methyl sites for hydroxylation is 1. The molecule has 0 saturated carbocycles. The standard InChI is InChI=1S/C8H12N2O2/c1-2-6-5-7(9-11)3-4-8(6)10-12/h3-5,9-12H,2H2,1H3. The zero-order chi connectivity index (χ0) is 8.97. The molecule has 0 bridgehead atoms. The summed E-state index contributed by atoms with van der Waals surface area (Å²) in [6, 6.07) is 5.12. The second-order valence-corrected chi connectivity index (χ2v) is 2.45. The molecule has 0 aliphatic rings. The van der Waals surface area contributed by atoms with Crippen LogP contribution in [-0.4, -0.2) is 10.4 Å². The lowest BCUT2D eigenvalue weighted by molar-refractivity contribution is 0.386. The van der Waals surface area contributed by atoms with E-state index in [2.05, 4.69) is 5.48 Å². The monoisotopic (exact) mass is 168 g/mol. The van der Waals surface area contributed by atoms with E-state index in [1.807, 2.05) is 12.4 Å². The first-order valence-electron chi connectivity index (χ1n) is 3.75. The molecule has 4 heteroatoms. The molecule has 1 rings (SSSR count). The van der Waals surface area contributed by atoms with Crippen LogP contribution in [0.4, 0.5) is 11.4 Å². The van der Waals surface area contributed by atoms with E-state index < -0.39 is 0 Å². The fourth-order valence-electron chi connectivity index (χ4n) is 1.06. The van der Waals surface area contributed by atoms with Gasteiger partial charge in [-0.2, -0.15) is 0 Å². The highest BCUT2D eigenvalue weighted by molar-refractivity contribution is 5.57. The highest BCUT2D eigenvalue weighted by atomic mass is 16.5. The number of rotatable bonds is 3. The summed E-state index contributed by atoms with van der Waals surface area (Å²) in [5, 5.41) is 17.3. The lowest BCUT2D eigenvalue weighted by atomic mass is 10.1. The van der Waals surface area contributed by atoms with Gasteiger partial charge in [0, 0.05) is 0 Å². The molecule has 0 aromatic heterocycles. The van der Waals surface area contributed by atoms with Crippen molar-refractivity contribution in [3.05, 3.63) is 23.8 Å². The van der Waals surface area contributed by atoms with Crippen LogP contribution in [0.2, 0.25) is 0 Å². The van der Waals surface area contributed by atoms with Crippen molar-refractivity contribution in [3.63, 3.8) is 0 Å². The fraction of sp³-hybridized carbons (Fsp3) is 0.250. The van der Waals surface area contributed by atoms with E-state index in [9.17, 15) is 0 Å². The van der Waals surface area contributed by atoms with Crippen LogP contribution in [0.25, 0.3) is 0 Å². The molecule has 0 atom stereocenters. The first-order chi connectivity index (χ1) is 5.81. The minimum absolute atomic E-state index is 0.617. The van der Waals surface area contributed by atoms with E-state index in [-0.39, 0.29) is 0 Å². The Morgan fingerprint density at radius 1 is 1.25 bits per heavy atom. The van der Waals surface area contributed by atoms with E-state index in [0.29, 0.717) is 11.4 Å².